The van der Waals surface area contributed by atoms with Crippen LogP contribution in [0.3, 0.4) is 0 Å². The molecule has 0 aromatic heterocycles. The fourth-order valence-corrected chi connectivity index (χ4v) is 1.68. The summed E-state index contributed by atoms with van der Waals surface area (Å²) >= 11 is 5.49. The second-order valence-corrected chi connectivity index (χ2v) is 3.17. The molecule has 0 aliphatic carbocycles. The monoisotopic (exact) mass is 190 g/mol. The van der Waals surface area contributed by atoms with Crippen molar-refractivity contribution in [3.63, 3.8) is 0 Å². The minimum absolute atomic E-state index is 0.0149. The second-order valence-electron chi connectivity index (χ2n) is 2.90. The Bertz CT molecular complexity index is 157. The second kappa shape index (κ2) is 4.67. The maximum absolute atomic E-state index is 11.3. The Hall–Kier alpha value is -0.280. The number of nitrogens with zero attached hydrogens (tertiary/aromatic N) is 2. The highest BCUT2D eigenvalue weighted by Gasteiger charge is 2.21. The van der Waals surface area contributed by atoms with Crippen molar-refractivity contribution in [2.45, 2.75) is 19.8 Å². The molecule has 0 bridgehead atoms. The van der Waals surface area contributed by atoms with E-state index < -0.39 is 0 Å². The molecule has 0 aromatic carbocycles. The molecule has 1 amide bonds. The number of halogens is 1. The van der Waals surface area contributed by atoms with Gasteiger partial charge in [-0.05, 0) is 19.8 Å². The molecule has 0 saturated carbocycles. The minimum atomic E-state index is 0.0149. The van der Waals surface area contributed by atoms with Gasteiger partial charge in [0.1, 0.15) is 5.88 Å². The van der Waals surface area contributed by atoms with Crippen LogP contribution < -0.4 is 0 Å². The van der Waals surface area contributed by atoms with Crippen LogP contribution in [0.25, 0.3) is 0 Å². The van der Waals surface area contributed by atoms with Gasteiger partial charge in [-0.1, -0.05) is 0 Å². The molecule has 70 valence electrons. The zero-order valence-corrected chi connectivity index (χ0v) is 8.18. The van der Waals surface area contributed by atoms with Crippen molar-refractivity contribution in [1.29, 1.82) is 0 Å². The minimum Gasteiger partial charge on any atom is -0.275 e. The largest absolute Gasteiger partial charge is 0.275 e. The van der Waals surface area contributed by atoms with E-state index >= 15 is 0 Å². The lowest BCUT2D eigenvalue weighted by Crippen LogP contribution is -2.45. The summed E-state index contributed by atoms with van der Waals surface area (Å²) in [5.74, 6) is 0.103. The number of hydrogen-bond donors (Lipinski definition) is 0. The van der Waals surface area contributed by atoms with Gasteiger partial charge >= 0.3 is 0 Å². The van der Waals surface area contributed by atoms with E-state index in [4.69, 9.17) is 11.6 Å². The average molecular weight is 191 g/mol. The van der Waals surface area contributed by atoms with E-state index in [1.54, 1.807) is 5.01 Å². The van der Waals surface area contributed by atoms with Crippen molar-refractivity contribution in [3.8, 4) is 0 Å². The first-order valence-corrected chi connectivity index (χ1v) is 4.94. The van der Waals surface area contributed by atoms with Gasteiger partial charge in [0.05, 0.1) is 0 Å². The maximum atomic E-state index is 11.3. The first kappa shape index (κ1) is 9.81. The highest BCUT2D eigenvalue weighted by molar-refractivity contribution is 6.27. The molecule has 3 nitrogen and oxygen atoms in total. The summed E-state index contributed by atoms with van der Waals surface area (Å²) in [4.78, 5) is 11.3. The lowest BCUT2D eigenvalue weighted by Gasteiger charge is -2.29. The van der Waals surface area contributed by atoms with Crippen LogP contribution >= 0.6 is 11.6 Å². The molecule has 0 radical (unpaired) electrons. The standard InChI is InChI=1S/C8H15ClN2O/c1-2-11(8(12)7-9)10-5-3-4-6-10/h2-7H2,1H3. The topological polar surface area (TPSA) is 23.6 Å². The zero-order valence-electron chi connectivity index (χ0n) is 7.42. The third-order valence-corrected chi connectivity index (χ3v) is 2.35. The molecular formula is C8H15ClN2O. The van der Waals surface area contributed by atoms with Crippen LogP contribution in [0, 0.1) is 0 Å². The van der Waals surface area contributed by atoms with E-state index in [2.05, 4.69) is 5.01 Å². The van der Waals surface area contributed by atoms with Crippen molar-refractivity contribution in [2.24, 2.45) is 0 Å². The summed E-state index contributed by atoms with van der Waals surface area (Å²) in [5, 5.41) is 3.84. The SMILES string of the molecule is CCN(C(=O)CCl)N1CCCC1. The smallest absolute Gasteiger partial charge is 0.251 e. The highest BCUT2D eigenvalue weighted by Crippen LogP contribution is 2.11. The van der Waals surface area contributed by atoms with Gasteiger partial charge in [0.2, 0.25) is 0 Å². The van der Waals surface area contributed by atoms with Crippen molar-refractivity contribution >= 4 is 17.5 Å². The number of rotatable bonds is 3. The molecule has 1 fully saturated rings. The molecule has 0 N–H and O–H groups in total. The summed E-state index contributed by atoms with van der Waals surface area (Å²) in [6, 6.07) is 0. The molecule has 0 spiro atoms. The molecule has 1 aliphatic rings. The van der Waals surface area contributed by atoms with Gasteiger partial charge < -0.3 is 0 Å². The van der Waals surface area contributed by atoms with Crippen molar-refractivity contribution in [1.82, 2.24) is 10.0 Å². The molecule has 0 aromatic rings. The van der Waals surface area contributed by atoms with Gasteiger partial charge in [-0.25, -0.2) is 5.01 Å². The molecule has 1 heterocycles. The van der Waals surface area contributed by atoms with E-state index in [1.165, 1.54) is 12.8 Å². The normalized spacial score (nSPS) is 18.2. The number of alkyl halides is 1. The Labute approximate surface area is 78.2 Å². The number of amides is 1. The fraction of sp³-hybridized carbons (Fsp3) is 0.875. The first-order chi connectivity index (χ1) is 5.79. The third kappa shape index (κ3) is 2.11. The van der Waals surface area contributed by atoms with Crippen molar-refractivity contribution in [2.75, 3.05) is 25.5 Å². The van der Waals surface area contributed by atoms with Crippen molar-refractivity contribution in [3.05, 3.63) is 0 Å². The Kier molecular flexibility index (Phi) is 3.82. The molecule has 0 atom stereocenters. The van der Waals surface area contributed by atoms with Gasteiger partial charge in [-0.2, -0.15) is 0 Å². The Morgan fingerprint density at radius 2 is 2.08 bits per heavy atom. The lowest BCUT2D eigenvalue weighted by atomic mass is 10.4. The Morgan fingerprint density at radius 3 is 2.50 bits per heavy atom. The molecule has 1 aliphatic heterocycles. The predicted octanol–water partition coefficient (Wildman–Crippen LogP) is 1.08. The molecule has 12 heavy (non-hydrogen) atoms. The predicted molar refractivity (Wildman–Crippen MR) is 48.9 cm³/mol. The number of carbonyl (C=O) groups excluding carboxylic acids is 1. The summed E-state index contributed by atoms with van der Waals surface area (Å²) in [7, 11) is 0. The molecular weight excluding hydrogens is 176 g/mol. The molecule has 1 saturated heterocycles. The maximum Gasteiger partial charge on any atom is 0.251 e. The van der Waals surface area contributed by atoms with Crippen LogP contribution in [0.4, 0.5) is 0 Å². The lowest BCUT2D eigenvalue weighted by molar-refractivity contribution is -0.143. The van der Waals surface area contributed by atoms with E-state index in [-0.39, 0.29) is 11.8 Å². The number of hydrazine groups is 1. The fourth-order valence-electron chi connectivity index (χ4n) is 1.54. The summed E-state index contributed by atoms with van der Waals surface area (Å²) < 4.78 is 0. The van der Waals surface area contributed by atoms with E-state index in [1.807, 2.05) is 6.92 Å². The highest BCUT2D eigenvalue weighted by atomic mass is 35.5. The number of carbonyl (C=O) groups is 1. The zero-order chi connectivity index (χ0) is 8.97. The van der Waals surface area contributed by atoms with Gasteiger partial charge in [0.15, 0.2) is 0 Å². The Morgan fingerprint density at radius 1 is 1.50 bits per heavy atom. The Balaban J connectivity index is 2.48. The first-order valence-electron chi connectivity index (χ1n) is 4.40. The summed E-state index contributed by atoms with van der Waals surface area (Å²) in [6.07, 6.45) is 2.37. The van der Waals surface area contributed by atoms with Crippen LogP contribution in [0.1, 0.15) is 19.8 Å². The van der Waals surface area contributed by atoms with E-state index in [0.29, 0.717) is 0 Å². The molecule has 1 rings (SSSR count). The van der Waals surface area contributed by atoms with E-state index in [9.17, 15) is 4.79 Å². The van der Waals surface area contributed by atoms with Crippen LogP contribution in [0.2, 0.25) is 0 Å². The summed E-state index contributed by atoms with van der Waals surface area (Å²) in [6.45, 7) is 4.70. The van der Waals surface area contributed by atoms with Crippen LogP contribution in [0.5, 0.6) is 0 Å². The van der Waals surface area contributed by atoms with Crippen LogP contribution in [0.15, 0.2) is 0 Å². The summed E-state index contributed by atoms with van der Waals surface area (Å²) in [5.41, 5.74) is 0. The third-order valence-electron chi connectivity index (χ3n) is 2.13. The van der Waals surface area contributed by atoms with Crippen LogP contribution in [-0.4, -0.2) is 41.4 Å². The van der Waals surface area contributed by atoms with Gasteiger partial charge in [0.25, 0.3) is 5.91 Å². The van der Waals surface area contributed by atoms with Gasteiger partial charge in [0, 0.05) is 19.6 Å². The quantitative estimate of drug-likeness (QED) is 0.622. The molecule has 4 heteroatoms. The van der Waals surface area contributed by atoms with Crippen LogP contribution in [-0.2, 0) is 4.79 Å². The van der Waals surface area contributed by atoms with E-state index in [0.717, 1.165) is 19.6 Å². The van der Waals surface area contributed by atoms with Crippen molar-refractivity contribution < 1.29 is 4.79 Å². The molecule has 0 unspecified atom stereocenters. The van der Waals surface area contributed by atoms with Gasteiger partial charge in [-0.3, -0.25) is 9.80 Å². The van der Waals surface area contributed by atoms with Gasteiger partial charge in [-0.15, -0.1) is 11.6 Å². The average Bonchev–Trinajstić information content (AvgIpc) is 2.58. The number of hydrogen-bond acceptors (Lipinski definition) is 2.